The van der Waals surface area contributed by atoms with E-state index in [0.29, 0.717) is 24.3 Å². The van der Waals surface area contributed by atoms with Crippen molar-refractivity contribution in [3.63, 3.8) is 0 Å². The molecular weight excluding hydrogens is 731 g/mol. The van der Waals surface area contributed by atoms with E-state index >= 15 is 0 Å². The zero-order chi connectivity index (χ0) is 41.5. The molecule has 13 heteroatoms. The number of likely N-dealkylation sites (tertiary alicyclic amines) is 1. The molecule has 0 bridgehead atoms. The Hall–Kier alpha value is -4.10. The molecule has 0 radical (unpaired) electrons. The summed E-state index contributed by atoms with van der Waals surface area (Å²) in [5.41, 5.74) is 1.16. The van der Waals surface area contributed by atoms with Gasteiger partial charge in [-0.15, -0.1) is 11.3 Å². The number of benzene rings is 1. The van der Waals surface area contributed by atoms with E-state index in [-0.39, 0.29) is 54.4 Å². The van der Waals surface area contributed by atoms with Gasteiger partial charge in [-0.25, -0.2) is 4.98 Å². The molecule has 7 atom stereocenters. The van der Waals surface area contributed by atoms with Gasteiger partial charge in [-0.05, 0) is 56.7 Å². The molecule has 0 unspecified atom stereocenters. The second-order valence-electron chi connectivity index (χ2n) is 15.9. The van der Waals surface area contributed by atoms with Gasteiger partial charge in [0.05, 0.1) is 17.9 Å². The van der Waals surface area contributed by atoms with Crippen molar-refractivity contribution >= 4 is 41.0 Å². The number of nitrogens with zero attached hydrogens (tertiary/aromatic N) is 3. The largest absolute Gasteiger partial charge is 0.461 e. The van der Waals surface area contributed by atoms with Gasteiger partial charge in [0.25, 0.3) is 5.91 Å². The first-order valence-corrected chi connectivity index (χ1v) is 21.0. The smallest absolute Gasteiger partial charge is 0.309 e. The van der Waals surface area contributed by atoms with Crippen molar-refractivity contribution in [1.82, 2.24) is 25.4 Å². The van der Waals surface area contributed by atoms with Crippen molar-refractivity contribution in [3.8, 4) is 0 Å². The number of carbonyl (C=O) groups excluding carboxylic acids is 5. The number of amides is 3. The predicted molar refractivity (Wildman–Crippen MR) is 220 cm³/mol. The number of thiazole rings is 1. The monoisotopic (exact) mass is 795 g/mol. The quantitative estimate of drug-likeness (QED) is 0.109. The molecule has 2 N–H and O–H groups in total. The highest BCUT2D eigenvalue weighted by atomic mass is 32.1. The minimum absolute atomic E-state index is 0.0522. The molecule has 3 amide bonds. The summed E-state index contributed by atoms with van der Waals surface area (Å²) < 4.78 is 11.3. The van der Waals surface area contributed by atoms with Gasteiger partial charge in [-0.2, -0.15) is 0 Å². The number of rotatable bonds is 21. The zero-order valence-corrected chi connectivity index (χ0v) is 35.7. The van der Waals surface area contributed by atoms with E-state index in [9.17, 15) is 24.0 Å². The van der Waals surface area contributed by atoms with Crippen LogP contribution in [0.15, 0.2) is 48.4 Å². The van der Waals surface area contributed by atoms with Crippen LogP contribution in [0.2, 0.25) is 0 Å². The first kappa shape index (κ1) is 46.3. The van der Waals surface area contributed by atoms with Crippen molar-refractivity contribution in [3.05, 3.63) is 64.6 Å². The van der Waals surface area contributed by atoms with Gasteiger partial charge >= 0.3 is 11.9 Å². The van der Waals surface area contributed by atoms with Gasteiger partial charge in [0.1, 0.15) is 23.4 Å². The van der Waals surface area contributed by atoms with Crippen LogP contribution in [-0.4, -0.2) is 95.9 Å². The van der Waals surface area contributed by atoms with E-state index in [2.05, 4.69) is 22.1 Å². The minimum atomic E-state index is -0.841. The summed E-state index contributed by atoms with van der Waals surface area (Å²) in [4.78, 5) is 75.7. The molecule has 2 aromatic rings. The number of carbonyl (C=O) groups is 5. The molecule has 1 saturated heterocycles. The third-order valence-corrected chi connectivity index (χ3v) is 11.7. The normalized spacial score (nSPS) is 17.9. The fourth-order valence-electron chi connectivity index (χ4n) is 6.99. The summed E-state index contributed by atoms with van der Waals surface area (Å²) in [5, 5.41) is 8.25. The van der Waals surface area contributed by atoms with Gasteiger partial charge in [-0.1, -0.05) is 104 Å². The molecule has 2 heterocycles. The Labute approximate surface area is 338 Å². The van der Waals surface area contributed by atoms with E-state index in [0.717, 1.165) is 31.4 Å². The Morgan fingerprint density at radius 1 is 1.02 bits per heavy atom. The maximum Gasteiger partial charge on any atom is 0.309 e. The minimum Gasteiger partial charge on any atom is -0.461 e. The number of esters is 2. The van der Waals surface area contributed by atoms with Gasteiger partial charge in [-0.3, -0.25) is 28.9 Å². The topological polar surface area (TPSA) is 147 Å². The number of aromatic nitrogens is 1. The molecule has 1 aliphatic heterocycles. The van der Waals surface area contributed by atoms with Crippen LogP contribution in [0.4, 0.5) is 0 Å². The zero-order valence-electron chi connectivity index (χ0n) is 34.9. The lowest BCUT2D eigenvalue weighted by atomic mass is 9.92. The predicted octanol–water partition coefficient (Wildman–Crippen LogP) is 6.37. The number of nitrogens with one attached hydrogen (secondary N) is 2. The highest BCUT2D eigenvalue weighted by Gasteiger charge is 2.38. The average molecular weight is 796 g/mol. The van der Waals surface area contributed by atoms with Crippen LogP contribution in [0.25, 0.3) is 0 Å². The second kappa shape index (κ2) is 22.6. The molecule has 1 aromatic heterocycles. The lowest BCUT2D eigenvalue weighted by molar-refractivity contribution is -0.155. The van der Waals surface area contributed by atoms with Crippen LogP contribution in [0.3, 0.4) is 0 Å². The molecule has 0 saturated carbocycles. The van der Waals surface area contributed by atoms with Gasteiger partial charge in [0.15, 0.2) is 6.10 Å². The fourth-order valence-corrected chi connectivity index (χ4v) is 7.83. The molecule has 56 heavy (non-hydrogen) atoms. The number of ether oxygens (including phenoxy) is 2. The average Bonchev–Trinajstić information content (AvgIpc) is 3.67. The number of piperidine rings is 1. The van der Waals surface area contributed by atoms with Crippen LogP contribution in [0.1, 0.15) is 114 Å². The van der Waals surface area contributed by atoms with Crippen LogP contribution in [-0.2, 0) is 35.1 Å². The summed E-state index contributed by atoms with van der Waals surface area (Å²) >= 11 is 1.21. The van der Waals surface area contributed by atoms with Crippen LogP contribution in [0.5, 0.6) is 0 Å². The highest BCUT2D eigenvalue weighted by Crippen LogP contribution is 2.32. The molecule has 0 spiro atoms. The number of hydrogen-bond donors (Lipinski definition) is 2. The van der Waals surface area contributed by atoms with E-state index < -0.39 is 47.9 Å². The fraction of sp³-hybridized carbons (Fsp3) is 0.628. The number of hydrogen-bond acceptors (Lipinski definition) is 10. The van der Waals surface area contributed by atoms with E-state index in [1.807, 2.05) is 65.1 Å². The molecule has 1 aliphatic rings. The van der Waals surface area contributed by atoms with E-state index in [1.54, 1.807) is 38.1 Å². The van der Waals surface area contributed by atoms with Crippen LogP contribution >= 0.6 is 11.3 Å². The van der Waals surface area contributed by atoms with Crippen molar-refractivity contribution in [2.45, 2.75) is 124 Å². The van der Waals surface area contributed by atoms with Gasteiger partial charge in [0, 0.05) is 30.9 Å². The summed E-state index contributed by atoms with van der Waals surface area (Å²) in [5.74, 6) is -2.62. The second-order valence-corrected chi connectivity index (χ2v) is 16.8. The maximum atomic E-state index is 14.3. The van der Waals surface area contributed by atoms with Gasteiger partial charge in [0.2, 0.25) is 11.8 Å². The molecule has 12 nitrogen and oxygen atoms in total. The van der Waals surface area contributed by atoms with Crippen molar-refractivity contribution < 1.29 is 33.4 Å². The van der Waals surface area contributed by atoms with Crippen molar-refractivity contribution in [1.29, 1.82) is 0 Å². The van der Waals surface area contributed by atoms with E-state index in [4.69, 9.17) is 14.5 Å². The van der Waals surface area contributed by atoms with Gasteiger partial charge < -0.3 is 25.0 Å². The molecule has 1 aromatic carbocycles. The molecule has 3 rings (SSSR count). The summed E-state index contributed by atoms with van der Waals surface area (Å²) in [7, 11) is 3.69. The first-order chi connectivity index (χ1) is 26.6. The SMILES string of the molecule is C=CCOC(=O)[C@@H](C)C[C@H](Cc1ccccc1)NC(=O)c1csc([C@@H](C[C@H](C(C)C)N(C)C(=O)[C@@H](NC(=O)[C@H]2CCCCN2C)[C@@H](C)CC)OC(=O)C(C)C)n1. The molecule has 1 fully saturated rings. The standard InChI is InChI=1S/C43H65N5O7S/c1-11-22-54-43(53)30(8)23-32(24-31-18-14-13-15-19-31)44-38(49)33-26-56-40(45-33)36(55-42(52)28(5)6)25-35(27(3)4)48(10)41(51)37(29(7)12-2)46-39(50)34-20-16-17-21-47(34)9/h11,13-15,18-19,26-30,32,34-37H,1,12,16-17,20-25H2,2-10H3,(H,44,49)(H,46,50)/t29-,30-,32+,34+,35+,36+,37-/m0/s1. The Balaban J connectivity index is 1.86. The van der Waals surface area contributed by atoms with E-state index in [1.165, 1.54) is 17.4 Å². The Kier molecular flexibility index (Phi) is 18.7. The Morgan fingerprint density at radius 2 is 1.71 bits per heavy atom. The summed E-state index contributed by atoms with van der Waals surface area (Å²) in [6.07, 6.45) is 5.20. The Bertz CT molecular complexity index is 1600. The van der Waals surface area contributed by atoms with Crippen LogP contribution in [0, 0.1) is 23.7 Å². The lowest BCUT2D eigenvalue weighted by Gasteiger charge is -2.38. The summed E-state index contributed by atoms with van der Waals surface area (Å²) in [6, 6.07) is 7.90. The Morgan fingerprint density at radius 3 is 2.32 bits per heavy atom. The van der Waals surface area contributed by atoms with Crippen LogP contribution < -0.4 is 10.6 Å². The third-order valence-electron chi connectivity index (χ3n) is 10.7. The summed E-state index contributed by atoms with van der Waals surface area (Å²) in [6.45, 7) is 17.8. The molecule has 0 aliphatic carbocycles. The number of likely N-dealkylation sites (N-methyl/N-ethyl adjacent to an activating group) is 2. The lowest BCUT2D eigenvalue weighted by Crippen LogP contribution is -2.58. The van der Waals surface area contributed by atoms with Crippen molar-refractivity contribution in [2.24, 2.45) is 23.7 Å². The van der Waals surface area contributed by atoms with Crippen molar-refractivity contribution in [2.75, 3.05) is 27.2 Å². The first-order valence-electron chi connectivity index (χ1n) is 20.1. The third kappa shape index (κ3) is 13.5. The molecule has 310 valence electrons. The highest BCUT2D eigenvalue weighted by molar-refractivity contribution is 7.09. The maximum absolute atomic E-state index is 14.3. The molecular formula is C43H65N5O7S.